The molecule has 0 rings (SSSR count). The molecule has 0 aliphatic heterocycles. The van der Waals surface area contributed by atoms with E-state index >= 15 is 0 Å². The number of aliphatic carboxylic acids is 1. The van der Waals surface area contributed by atoms with Gasteiger partial charge in [0.2, 0.25) is 0 Å². The van der Waals surface area contributed by atoms with Crippen LogP contribution >= 0.6 is 0 Å². The summed E-state index contributed by atoms with van der Waals surface area (Å²) in [4.78, 5) is 37.2. The monoisotopic (exact) mass is 1040 g/mol. The Kier molecular flexibility index (Phi) is 62.0. The molecule has 0 saturated carbocycles. The summed E-state index contributed by atoms with van der Waals surface area (Å²) < 4.78 is 11.3. The highest BCUT2D eigenvalue weighted by Gasteiger charge is 2.08. The third-order valence-electron chi connectivity index (χ3n) is 15.5. The molecule has 0 radical (unpaired) electrons. The molecule has 0 aromatic rings. The van der Waals surface area contributed by atoms with E-state index in [1.807, 2.05) is 0 Å². The van der Waals surface area contributed by atoms with Crippen molar-refractivity contribution in [2.45, 2.75) is 354 Å². The number of carboxylic acid groups (broad SMARTS) is 1. The molecule has 0 aromatic heterocycles. The number of ether oxygens (including phenoxy) is 2. The molecule has 438 valence electrons. The second-order valence-corrected chi connectivity index (χ2v) is 22.8. The summed E-state index contributed by atoms with van der Waals surface area (Å²) in [6.07, 6.45) is 65.7. The number of hydrogen-bond acceptors (Lipinski definition) is 7. The van der Waals surface area contributed by atoms with Crippen LogP contribution < -0.4 is 5.32 Å². The van der Waals surface area contributed by atoms with Gasteiger partial charge in [-0.1, -0.05) is 277 Å². The lowest BCUT2D eigenvalue weighted by molar-refractivity contribution is -0.144. The molecule has 8 heteroatoms. The maximum atomic E-state index is 12.3. The fourth-order valence-electron chi connectivity index (χ4n) is 10.5. The van der Waals surface area contributed by atoms with Crippen LogP contribution in [0.2, 0.25) is 0 Å². The van der Waals surface area contributed by atoms with Gasteiger partial charge in [0, 0.05) is 19.3 Å². The molecular formula is C66H128N2O6. The van der Waals surface area contributed by atoms with Crippen molar-refractivity contribution in [2.75, 3.05) is 45.9 Å². The van der Waals surface area contributed by atoms with Gasteiger partial charge in [-0.05, 0) is 90.5 Å². The Hall–Kier alpha value is -1.89. The second-order valence-electron chi connectivity index (χ2n) is 22.8. The summed E-state index contributed by atoms with van der Waals surface area (Å²) in [6, 6.07) is 0. The van der Waals surface area contributed by atoms with Gasteiger partial charge in [0.25, 0.3) is 0 Å². The number of nitrogens with one attached hydrogen (secondary N) is 1. The number of carboxylic acids is 1. The van der Waals surface area contributed by atoms with E-state index in [2.05, 4.69) is 30.0 Å². The molecule has 8 nitrogen and oxygen atoms in total. The number of carbonyl (C=O) groups is 2. The summed E-state index contributed by atoms with van der Waals surface area (Å²) >= 11 is 0. The minimum atomic E-state index is -0.686. The van der Waals surface area contributed by atoms with Gasteiger partial charge in [-0.3, -0.25) is 9.59 Å². The Balaban J connectivity index is 3.85. The highest BCUT2D eigenvalue weighted by molar-refractivity contribution is 5.69. The van der Waals surface area contributed by atoms with Crippen molar-refractivity contribution < 1.29 is 29.0 Å². The highest BCUT2D eigenvalue weighted by Crippen LogP contribution is 2.18. The number of allylic oxidation sites excluding steroid dienone is 1. The molecule has 0 heterocycles. The van der Waals surface area contributed by atoms with E-state index in [-0.39, 0.29) is 12.4 Å². The van der Waals surface area contributed by atoms with Crippen LogP contribution in [-0.4, -0.2) is 73.8 Å². The Morgan fingerprint density at radius 1 is 0.351 bits per heavy atom. The predicted octanol–water partition coefficient (Wildman–Crippen LogP) is 20.0. The van der Waals surface area contributed by atoms with Crippen LogP contribution in [0.1, 0.15) is 354 Å². The maximum Gasteiger partial charge on any atom is 0.305 e. The molecule has 0 aliphatic carbocycles. The predicted molar refractivity (Wildman–Crippen MR) is 319 cm³/mol. The van der Waals surface area contributed by atoms with Crippen molar-refractivity contribution in [3.05, 3.63) is 5.76 Å². The van der Waals surface area contributed by atoms with Gasteiger partial charge in [-0.2, -0.15) is 0 Å². The second kappa shape index (κ2) is 63.6. The molecule has 74 heavy (non-hydrogen) atoms. The third-order valence-corrected chi connectivity index (χ3v) is 15.5. The maximum absolute atomic E-state index is 12.3. The first-order valence-corrected chi connectivity index (χ1v) is 33.2. The fraction of sp³-hybridized carbons (Fsp3) is 0.939. The van der Waals surface area contributed by atoms with Crippen molar-refractivity contribution in [3.63, 3.8) is 0 Å². The Morgan fingerprint density at radius 2 is 0.649 bits per heavy atom. The van der Waals surface area contributed by atoms with Gasteiger partial charge in [0.1, 0.15) is 0 Å². The average Bonchev–Trinajstić information content (AvgIpc) is 3.40. The molecule has 0 aliphatic rings. The zero-order valence-electron chi connectivity index (χ0n) is 49.9. The van der Waals surface area contributed by atoms with Crippen LogP contribution in [-0.2, 0) is 23.9 Å². The molecule has 0 atom stereocenters. The number of unbranched alkanes of at least 4 members (excludes halogenated alkanes) is 44. The van der Waals surface area contributed by atoms with Crippen LogP contribution in [0.25, 0.3) is 0 Å². The van der Waals surface area contributed by atoms with Gasteiger partial charge in [-0.15, -0.1) is 0 Å². The minimum absolute atomic E-state index is 0.0145. The number of carbonyl (C=O) groups excluding carboxylic acids is 2. The van der Waals surface area contributed by atoms with Crippen LogP contribution in [0.5, 0.6) is 0 Å². The SMILES string of the molecule is CCCCCCCCCCCCCCCCCCCCCCCCOC(=O)CCCCCCCN(CCCCCCCC(=O)O)CCCNCCCCCCCC(=C=O)OCCCCCCCCCCCCCC. The van der Waals surface area contributed by atoms with Crippen molar-refractivity contribution in [2.24, 2.45) is 0 Å². The van der Waals surface area contributed by atoms with Gasteiger partial charge >= 0.3 is 11.9 Å². The molecule has 0 spiro atoms. The number of esters is 1. The fourth-order valence-corrected chi connectivity index (χ4v) is 10.5. The van der Waals surface area contributed by atoms with E-state index < -0.39 is 5.97 Å². The zero-order valence-corrected chi connectivity index (χ0v) is 49.9. The Bertz CT molecular complexity index is 1180. The van der Waals surface area contributed by atoms with Gasteiger partial charge in [0.15, 0.2) is 11.7 Å². The first-order valence-electron chi connectivity index (χ1n) is 33.2. The van der Waals surface area contributed by atoms with Crippen molar-refractivity contribution in [3.8, 4) is 0 Å². The average molecular weight is 1050 g/mol. The standard InChI is InChI=1S/C66H128N2O6/c1-3-5-7-9-11-13-15-17-18-19-20-21-22-23-24-25-26-28-30-32-43-51-62-74-66(72)55-46-38-35-41-49-59-68(58-48-40-34-37-45-54-65(70)71)60-52-57-67-56-47-39-33-36-44-53-64(63-69)73-61-50-42-31-29-27-16-14-12-10-8-6-4-2/h67H,3-62H2,1-2H3,(H,70,71). The normalized spacial score (nSPS) is 11.4. The molecule has 2 N–H and O–H groups in total. The van der Waals surface area contributed by atoms with Crippen LogP contribution in [0.15, 0.2) is 5.76 Å². The molecule has 0 unspecified atom stereocenters. The van der Waals surface area contributed by atoms with E-state index in [0.29, 0.717) is 25.4 Å². The first kappa shape index (κ1) is 72.1. The zero-order chi connectivity index (χ0) is 53.6. The van der Waals surface area contributed by atoms with Crippen molar-refractivity contribution in [1.29, 1.82) is 0 Å². The summed E-state index contributed by atoms with van der Waals surface area (Å²) in [5.74, 6) is 1.87. The lowest BCUT2D eigenvalue weighted by atomic mass is 10.0. The molecular weight excluding hydrogens is 917 g/mol. The molecule has 0 amide bonds. The highest BCUT2D eigenvalue weighted by atomic mass is 16.5. The molecule has 0 bridgehead atoms. The van der Waals surface area contributed by atoms with Gasteiger partial charge in [-0.25, -0.2) is 4.79 Å². The molecule has 0 saturated heterocycles. The smallest absolute Gasteiger partial charge is 0.305 e. The summed E-state index contributed by atoms with van der Waals surface area (Å²) in [6.45, 7) is 11.3. The number of hydrogen-bond donors (Lipinski definition) is 2. The largest absolute Gasteiger partial charge is 0.487 e. The van der Waals surface area contributed by atoms with E-state index in [0.717, 1.165) is 103 Å². The van der Waals surface area contributed by atoms with E-state index in [1.165, 1.54) is 257 Å². The summed E-state index contributed by atoms with van der Waals surface area (Å²) in [7, 11) is 0. The topological polar surface area (TPSA) is 105 Å². The Morgan fingerprint density at radius 3 is 1.04 bits per heavy atom. The van der Waals surface area contributed by atoms with Gasteiger partial charge in [0.05, 0.1) is 13.2 Å². The van der Waals surface area contributed by atoms with E-state index in [4.69, 9.17) is 14.6 Å². The summed E-state index contributed by atoms with van der Waals surface area (Å²) in [5.41, 5.74) is 0. The quantitative estimate of drug-likeness (QED) is 0.0269. The van der Waals surface area contributed by atoms with Crippen LogP contribution in [0.4, 0.5) is 0 Å². The third kappa shape index (κ3) is 61.0. The van der Waals surface area contributed by atoms with E-state index in [1.54, 1.807) is 0 Å². The lowest BCUT2D eigenvalue weighted by Gasteiger charge is -2.22. The Labute approximate surface area is 461 Å². The molecule has 0 fully saturated rings. The van der Waals surface area contributed by atoms with Crippen LogP contribution in [0, 0.1) is 0 Å². The van der Waals surface area contributed by atoms with Gasteiger partial charge < -0.3 is 24.8 Å². The number of rotatable bonds is 65. The lowest BCUT2D eigenvalue weighted by Crippen LogP contribution is -2.30. The number of nitrogens with zero attached hydrogens (tertiary/aromatic N) is 1. The van der Waals surface area contributed by atoms with Crippen LogP contribution in [0.3, 0.4) is 0 Å². The summed E-state index contributed by atoms with van der Waals surface area (Å²) in [5, 5.41) is 12.6. The first-order chi connectivity index (χ1) is 36.5. The molecule has 0 aromatic carbocycles. The van der Waals surface area contributed by atoms with E-state index in [9.17, 15) is 14.4 Å². The van der Waals surface area contributed by atoms with Crippen molar-refractivity contribution in [1.82, 2.24) is 10.2 Å². The van der Waals surface area contributed by atoms with Crippen molar-refractivity contribution >= 4 is 17.9 Å². The minimum Gasteiger partial charge on any atom is -0.487 e.